The zero-order valence-corrected chi connectivity index (χ0v) is 12.9. The highest BCUT2D eigenvalue weighted by atomic mass is 16.2. The van der Waals surface area contributed by atoms with E-state index in [9.17, 15) is 4.79 Å². The second-order valence-electron chi connectivity index (χ2n) is 6.66. The average molecular weight is 274 g/mol. The summed E-state index contributed by atoms with van der Waals surface area (Å²) in [5.41, 5.74) is 8.25. The predicted octanol–water partition coefficient (Wildman–Crippen LogP) is 3.00. The molecule has 0 spiro atoms. The number of rotatable bonds is 3. The van der Waals surface area contributed by atoms with Gasteiger partial charge in [0.1, 0.15) is 0 Å². The number of carbonyl (C=O) groups excluding carboxylic acids is 1. The van der Waals surface area contributed by atoms with Gasteiger partial charge >= 0.3 is 0 Å². The molecule has 0 aromatic heterocycles. The van der Waals surface area contributed by atoms with E-state index in [4.69, 9.17) is 5.73 Å². The van der Waals surface area contributed by atoms with E-state index in [-0.39, 0.29) is 17.4 Å². The summed E-state index contributed by atoms with van der Waals surface area (Å²) >= 11 is 0. The molecule has 3 heteroatoms. The molecule has 0 radical (unpaired) electrons. The van der Waals surface area contributed by atoms with E-state index in [1.54, 1.807) is 0 Å². The Balaban J connectivity index is 2.16. The smallest absolute Gasteiger partial charge is 0.224 e. The first-order chi connectivity index (χ1) is 9.43. The standard InChI is InChI=1S/C17H26N2O/c1-17(2,3)14-8-6-13(7-9-14)15-5-4-12-19(15)16(20)10-11-18/h6-9,15H,4-5,10-12,18H2,1-3H3/t15-/m0/s1. The summed E-state index contributed by atoms with van der Waals surface area (Å²) in [6.45, 7) is 7.95. The summed E-state index contributed by atoms with van der Waals surface area (Å²) in [7, 11) is 0. The van der Waals surface area contributed by atoms with Crippen LogP contribution in [0, 0.1) is 0 Å². The highest BCUT2D eigenvalue weighted by Gasteiger charge is 2.29. The Bertz CT molecular complexity index is 459. The molecule has 110 valence electrons. The molecule has 1 aliphatic rings. The van der Waals surface area contributed by atoms with Gasteiger partial charge in [0.25, 0.3) is 0 Å². The summed E-state index contributed by atoms with van der Waals surface area (Å²) in [5, 5.41) is 0. The minimum Gasteiger partial charge on any atom is -0.336 e. The highest BCUT2D eigenvalue weighted by Crippen LogP contribution is 2.33. The maximum atomic E-state index is 12.1. The van der Waals surface area contributed by atoms with E-state index in [1.807, 2.05) is 4.90 Å². The van der Waals surface area contributed by atoms with E-state index < -0.39 is 0 Å². The number of hydrogen-bond donors (Lipinski definition) is 1. The Hall–Kier alpha value is -1.35. The van der Waals surface area contributed by atoms with E-state index in [2.05, 4.69) is 45.0 Å². The van der Waals surface area contributed by atoms with Gasteiger partial charge in [0.05, 0.1) is 6.04 Å². The van der Waals surface area contributed by atoms with E-state index >= 15 is 0 Å². The zero-order chi connectivity index (χ0) is 14.8. The molecule has 0 aliphatic carbocycles. The number of nitrogens with zero attached hydrogens (tertiary/aromatic N) is 1. The van der Waals surface area contributed by atoms with Crippen LogP contribution in [0.3, 0.4) is 0 Å². The van der Waals surface area contributed by atoms with Crippen molar-refractivity contribution < 1.29 is 4.79 Å². The number of benzene rings is 1. The van der Waals surface area contributed by atoms with E-state index in [1.165, 1.54) is 11.1 Å². The quantitative estimate of drug-likeness (QED) is 0.921. The molecular formula is C17H26N2O. The highest BCUT2D eigenvalue weighted by molar-refractivity contribution is 5.77. The van der Waals surface area contributed by atoms with Crippen molar-refractivity contribution in [2.75, 3.05) is 13.1 Å². The second kappa shape index (κ2) is 5.96. The molecule has 0 unspecified atom stereocenters. The maximum absolute atomic E-state index is 12.1. The number of carbonyl (C=O) groups is 1. The third kappa shape index (κ3) is 3.21. The number of amides is 1. The zero-order valence-electron chi connectivity index (χ0n) is 12.9. The third-order valence-electron chi connectivity index (χ3n) is 4.09. The normalized spacial score (nSPS) is 19.4. The lowest BCUT2D eigenvalue weighted by atomic mass is 9.86. The summed E-state index contributed by atoms with van der Waals surface area (Å²) in [6.07, 6.45) is 2.60. The van der Waals surface area contributed by atoms with E-state index in [0.29, 0.717) is 13.0 Å². The third-order valence-corrected chi connectivity index (χ3v) is 4.09. The lowest BCUT2D eigenvalue weighted by molar-refractivity contribution is -0.131. The summed E-state index contributed by atoms with van der Waals surface area (Å²) < 4.78 is 0. The molecule has 0 saturated carbocycles. The van der Waals surface area contributed by atoms with Crippen LogP contribution in [0.15, 0.2) is 24.3 Å². The monoisotopic (exact) mass is 274 g/mol. The molecule has 20 heavy (non-hydrogen) atoms. The van der Waals surface area contributed by atoms with Crippen LogP contribution in [-0.4, -0.2) is 23.9 Å². The van der Waals surface area contributed by atoms with Crippen molar-refractivity contribution >= 4 is 5.91 Å². The molecule has 1 heterocycles. The molecule has 0 bridgehead atoms. The minimum atomic E-state index is 0.170. The Morgan fingerprint density at radius 2 is 1.95 bits per heavy atom. The van der Waals surface area contributed by atoms with Crippen LogP contribution in [-0.2, 0) is 10.2 Å². The van der Waals surface area contributed by atoms with Crippen molar-refractivity contribution in [3.63, 3.8) is 0 Å². The fourth-order valence-electron chi connectivity index (χ4n) is 2.88. The molecule has 1 atom stereocenters. The van der Waals surface area contributed by atoms with Gasteiger partial charge in [-0.1, -0.05) is 45.0 Å². The molecule has 1 amide bonds. The van der Waals surface area contributed by atoms with Gasteiger partial charge in [0.2, 0.25) is 5.91 Å². The molecule has 3 nitrogen and oxygen atoms in total. The first kappa shape index (κ1) is 15.0. The Kier molecular flexibility index (Phi) is 4.48. The fraction of sp³-hybridized carbons (Fsp3) is 0.588. The molecule has 1 saturated heterocycles. The van der Waals surface area contributed by atoms with Gasteiger partial charge in [-0.15, -0.1) is 0 Å². The molecule has 2 N–H and O–H groups in total. The van der Waals surface area contributed by atoms with Gasteiger partial charge in [-0.3, -0.25) is 4.79 Å². The molecular weight excluding hydrogens is 248 g/mol. The van der Waals surface area contributed by atoms with Crippen molar-refractivity contribution in [1.29, 1.82) is 0 Å². The van der Waals surface area contributed by atoms with Crippen LogP contribution in [0.25, 0.3) is 0 Å². The molecule has 1 aromatic carbocycles. The van der Waals surface area contributed by atoms with Gasteiger partial charge in [-0.25, -0.2) is 0 Å². The van der Waals surface area contributed by atoms with Gasteiger partial charge < -0.3 is 10.6 Å². The minimum absolute atomic E-state index is 0.170. The first-order valence-electron chi connectivity index (χ1n) is 7.53. The van der Waals surface area contributed by atoms with Gasteiger partial charge in [0.15, 0.2) is 0 Å². The fourth-order valence-corrected chi connectivity index (χ4v) is 2.88. The topological polar surface area (TPSA) is 46.3 Å². The Morgan fingerprint density at radius 3 is 2.50 bits per heavy atom. The second-order valence-corrected chi connectivity index (χ2v) is 6.66. The first-order valence-corrected chi connectivity index (χ1v) is 7.53. The number of nitrogens with two attached hydrogens (primary N) is 1. The van der Waals surface area contributed by atoms with Crippen LogP contribution < -0.4 is 5.73 Å². The largest absolute Gasteiger partial charge is 0.336 e. The van der Waals surface area contributed by atoms with Crippen LogP contribution in [0.2, 0.25) is 0 Å². The van der Waals surface area contributed by atoms with Crippen molar-refractivity contribution in [2.24, 2.45) is 5.73 Å². The Labute approximate surface area is 122 Å². The molecule has 2 rings (SSSR count). The average Bonchev–Trinajstić information content (AvgIpc) is 2.87. The number of likely N-dealkylation sites (tertiary alicyclic amines) is 1. The summed E-state index contributed by atoms with van der Waals surface area (Å²) in [5.74, 6) is 0.190. The van der Waals surface area contributed by atoms with Crippen LogP contribution in [0.5, 0.6) is 0 Å². The predicted molar refractivity (Wildman–Crippen MR) is 82.5 cm³/mol. The maximum Gasteiger partial charge on any atom is 0.224 e. The lowest BCUT2D eigenvalue weighted by Crippen LogP contribution is -2.31. The van der Waals surface area contributed by atoms with Gasteiger partial charge in [-0.05, 0) is 29.4 Å². The summed E-state index contributed by atoms with van der Waals surface area (Å²) in [4.78, 5) is 14.1. The SMILES string of the molecule is CC(C)(C)c1ccc([C@@H]2CCCN2C(=O)CCN)cc1. The van der Waals surface area contributed by atoms with Crippen molar-refractivity contribution in [2.45, 2.75) is 51.5 Å². The van der Waals surface area contributed by atoms with E-state index in [0.717, 1.165) is 19.4 Å². The lowest BCUT2D eigenvalue weighted by Gasteiger charge is -2.26. The number of hydrogen-bond acceptors (Lipinski definition) is 2. The summed E-state index contributed by atoms with van der Waals surface area (Å²) in [6, 6.07) is 8.99. The van der Waals surface area contributed by atoms with Crippen LogP contribution in [0.1, 0.15) is 57.2 Å². The van der Waals surface area contributed by atoms with Crippen LogP contribution >= 0.6 is 0 Å². The van der Waals surface area contributed by atoms with Crippen molar-refractivity contribution in [3.05, 3.63) is 35.4 Å². The van der Waals surface area contributed by atoms with Crippen molar-refractivity contribution in [1.82, 2.24) is 4.90 Å². The molecule has 1 fully saturated rings. The van der Waals surface area contributed by atoms with Gasteiger partial charge in [0, 0.05) is 19.5 Å². The molecule has 1 aromatic rings. The van der Waals surface area contributed by atoms with Gasteiger partial charge in [-0.2, -0.15) is 0 Å². The van der Waals surface area contributed by atoms with Crippen molar-refractivity contribution in [3.8, 4) is 0 Å². The van der Waals surface area contributed by atoms with Crippen LogP contribution in [0.4, 0.5) is 0 Å². The molecule has 1 aliphatic heterocycles. The Morgan fingerprint density at radius 1 is 1.30 bits per heavy atom.